The lowest BCUT2D eigenvalue weighted by atomic mass is 10.0. The molecule has 2 amide bonds. The zero-order valence-corrected chi connectivity index (χ0v) is 26.5. The minimum absolute atomic E-state index is 0.0214. The van der Waals surface area contributed by atoms with Crippen LogP contribution < -0.4 is 25.4 Å². The van der Waals surface area contributed by atoms with E-state index in [0.29, 0.717) is 36.0 Å². The van der Waals surface area contributed by atoms with E-state index in [1.165, 1.54) is 0 Å². The van der Waals surface area contributed by atoms with Gasteiger partial charge in [0.05, 0.1) is 12.2 Å². The van der Waals surface area contributed by atoms with Gasteiger partial charge >= 0.3 is 0 Å². The second-order valence-electron chi connectivity index (χ2n) is 11.4. The van der Waals surface area contributed by atoms with Crippen molar-refractivity contribution < 1.29 is 19.1 Å². The Hall–Kier alpha value is -5.92. The molecule has 240 valence electrons. The largest absolute Gasteiger partial charge is 0.457 e. The fourth-order valence-electron chi connectivity index (χ4n) is 5.49. The fraction of sp³-hybridized carbons (Fsp3) is 0.122. The normalized spacial score (nSPS) is 10.8. The van der Waals surface area contributed by atoms with Crippen molar-refractivity contribution in [2.24, 2.45) is 5.73 Å². The minimum atomic E-state index is -0.202. The molecule has 0 atom stereocenters. The van der Waals surface area contributed by atoms with Crippen LogP contribution in [0.15, 0.2) is 146 Å². The van der Waals surface area contributed by atoms with Gasteiger partial charge < -0.3 is 25.4 Å². The van der Waals surface area contributed by atoms with E-state index < -0.39 is 0 Å². The van der Waals surface area contributed by atoms with Crippen molar-refractivity contribution in [2.75, 3.05) is 4.90 Å². The summed E-state index contributed by atoms with van der Waals surface area (Å²) in [4.78, 5) is 28.6. The molecule has 6 rings (SSSR count). The van der Waals surface area contributed by atoms with Crippen molar-refractivity contribution in [3.63, 3.8) is 0 Å². The van der Waals surface area contributed by atoms with Gasteiger partial charge in [0, 0.05) is 25.9 Å². The van der Waals surface area contributed by atoms with Crippen molar-refractivity contribution in [2.45, 2.75) is 32.5 Å². The van der Waals surface area contributed by atoms with Crippen LogP contribution in [0, 0.1) is 0 Å². The average Bonchev–Trinajstić information content (AvgIpc) is 3.13. The Morgan fingerprint density at radius 3 is 2.15 bits per heavy atom. The van der Waals surface area contributed by atoms with Gasteiger partial charge in [0.2, 0.25) is 11.8 Å². The molecule has 7 heteroatoms. The standard InChI is InChI=1S/C41H37N3O4/c42-27-31-10-8-16-36(26-31)48-39-19-7-6-18-38(39)44(29-30-20-22-35(23-21-30)47-34-14-2-1-3-15-34)41(46)25-24-40(45)43-28-33-13-9-12-32-11-4-5-17-37(32)33/h1-23,26H,24-25,27-29,42H2,(H,43,45). The summed E-state index contributed by atoms with van der Waals surface area (Å²) in [6.45, 7) is 1.04. The first-order valence-corrected chi connectivity index (χ1v) is 16.0. The topological polar surface area (TPSA) is 93.9 Å². The Kier molecular flexibility index (Phi) is 10.4. The lowest BCUT2D eigenvalue weighted by Crippen LogP contribution is -2.32. The van der Waals surface area contributed by atoms with Crippen molar-refractivity contribution in [1.29, 1.82) is 0 Å². The molecule has 0 saturated carbocycles. The number of amides is 2. The highest BCUT2D eigenvalue weighted by molar-refractivity contribution is 5.96. The van der Waals surface area contributed by atoms with Crippen LogP contribution in [-0.4, -0.2) is 11.8 Å². The molecule has 48 heavy (non-hydrogen) atoms. The number of benzene rings is 6. The molecule has 0 spiro atoms. The third-order valence-corrected chi connectivity index (χ3v) is 7.98. The Morgan fingerprint density at radius 2 is 1.31 bits per heavy atom. The number of nitrogens with one attached hydrogen (secondary N) is 1. The second-order valence-corrected chi connectivity index (χ2v) is 11.4. The third-order valence-electron chi connectivity index (χ3n) is 7.98. The first kappa shape index (κ1) is 32.0. The summed E-state index contributed by atoms with van der Waals surface area (Å²) in [6, 6.07) is 46.3. The predicted molar refractivity (Wildman–Crippen MR) is 190 cm³/mol. The first-order chi connectivity index (χ1) is 23.6. The van der Waals surface area contributed by atoms with E-state index in [2.05, 4.69) is 5.32 Å². The zero-order chi connectivity index (χ0) is 33.1. The first-order valence-electron chi connectivity index (χ1n) is 16.0. The van der Waals surface area contributed by atoms with Crippen LogP contribution in [0.3, 0.4) is 0 Å². The van der Waals surface area contributed by atoms with Gasteiger partial charge in [-0.1, -0.05) is 97.1 Å². The van der Waals surface area contributed by atoms with E-state index in [1.54, 1.807) is 4.90 Å². The smallest absolute Gasteiger partial charge is 0.227 e. The van der Waals surface area contributed by atoms with Gasteiger partial charge in [-0.3, -0.25) is 9.59 Å². The SMILES string of the molecule is NCc1cccc(Oc2ccccc2N(Cc2ccc(Oc3ccccc3)cc2)C(=O)CCC(=O)NCc2cccc3ccccc23)c1. The van der Waals surface area contributed by atoms with Crippen molar-refractivity contribution >= 4 is 28.3 Å². The number of carbonyl (C=O) groups excluding carboxylic acids is 2. The summed E-state index contributed by atoms with van der Waals surface area (Å²) >= 11 is 0. The third kappa shape index (κ3) is 8.26. The molecule has 0 unspecified atom stereocenters. The molecular formula is C41H37N3O4. The monoisotopic (exact) mass is 635 g/mol. The number of fused-ring (bicyclic) bond motifs is 1. The van der Waals surface area contributed by atoms with E-state index in [-0.39, 0.29) is 31.2 Å². The number of rotatable bonds is 13. The van der Waals surface area contributed by atoms with Gasteiger partial charge in [-0.05, 0) is 76.0 Å². The number of hydrogen-bond acceptors (Lipinski definition) is 5. The molecule has 0 aromatic heterocycles. The molecule has 6 aromatic carbocycles. The maximum Gasteiger partial charge on any atom is 0.227 e. The summed E-state index contributed by atoms with van der Waals surface area (Å²) in [5.41, 5.74) is 9.31. The molecule has 0 aliphatic heterocycles. The van der Waals surface area contributed by atoms with Crippen LogP contribution in [0.4, 0.5) is 5.69 Å². The molecular weight excluding hydrogens is 598 g/mol. The molecule has 7 nitrogen and oxygen atoms in total. The Morgan fingerprint density at radius 1 is 0.625 bits per heavy atom. The number of nitrogens with zero attached hydrogens (tertiary/aromatic N) is 1. The minimum Gasteiger partial charge on any atom is -0.457 e. The number of nitrogens with two attached hydrogens (primary N) is 1. The van der Waals surface area contributed by atoms with Gasteiger partial charge in [0.25, 0.3) is 0 Å². The lowest BCUT2D eigenvalue weighted by molar-refractivity contribution is -0.125. The maximum absolute atomic E-state index is 14.0. The molecule has 0 heterocycles. The Balaban J connectivity index is 1.19. The van der Waals surface area contributed by atoms with Gasteiger partial charge in [0.15, 0.2) is 5.75 Å². The second kappa shape index (κ2) is 15.6. The Labute approximate surface area is 280 Å². The number of ether oxygens (including phenoxy) is 2. The van der Waals surface area contributed by atoms with Gasteiger partial charge in [-0.25, -0.2) is 0 Å². The van der Waals surface area contributed by atoms with Crippen LogP contribution in [0.25, 0.3) is 10.8 Å². The molecule has 0 fully saturated rings. The fourth-order valence-corrected chi connectivity index (χ4v) is 5.49. The molecule has 0 aliphatic carbocycles. The molecule has 0 aliphatic rings. The van der Waals surface area contributed by atoms with Crippen molar-refractivity contribution in [3.8, 4) is 23.0 Å². The molecule has 3 N–H and O–H groups in total. The quantitative estimate of drug-likeness (QED) is 0.133. The van der Waals surface area contributed by atoms with Gasteiger partial charge in [0.1, 0.15) is 17.2 Å². The van der Waals surface area contributed by atoms with Crippen LogP contribution in [0.2, 0.25) is 0 Å². The molecule has 0 radical (unpaired) electrons. The van der Waals surface area contributed by atoms with E-state index >= 15 is 0 Å². The highest BCUT2D eigenvalue weighted by Crippen LogP contribution is 2.34. The van der Waals surface area contributed by atoms with E-state index in [4.69, 9.17) is 15.2 Å². The lowest BCUT2D eigenvalue weighted by Gasteiger charge is -2.25. The molecule has 6 aromatic rings. The summed E-state index contributed by atoms with van der Waals surface area (Å²) in [5, 5.41) is 5.21. The molecule has 0 bridgehead atoms. The molecule has 0 saturated heterocycles. The maximum atomic E-state index is 14.0. The van der Waals surface area contributed by atoms with Crippen LogP contribution in [-0.2, 0) is 29.2 Å². The van der Waals surface area contributed by atoms with Crippen LogP contribution >= 0.6 is 0 Å². The number of anilines is 1. The van der Waals surface area contributed by atoms with E-state index in [0.717, 1.165) is 33.2 Å². The number of hydrogen-bond donors (Lipinski definition) is 2. The Bertz CT molecular complexity index is 1990. The van der Waals surface area contributed by atoms with Gasteiger partial charge in [-0.2, -0.15) is 0 Å². The van der Waals surface area contributed by atoms with Crippen LogP contribution in [0.1, 0.15) is 29.5 Å². The van der Waals surface area contributed by atoms with Crippen LogP contribution in [0.5, 0.6) is 23.0 Å². The summed E-state index contributed by atoms with van der Waals surface area (Å²) in [5.74, 6) is 2.17. The predicted octanol–water partition coefficient (Wildman–Crippen LogP) is 8.51. The number of para-hydroxylation sites is 3. The van der Waals surface area contributed by atoms with E-state index in [1.807, 2.05) is 146 Å². The van der Waals surface area contributed by atoms with Gasteiger partial charge in [-0.15, -0.1) is 0 Å². The van der Waals surface area contributed by atoms with E-state index in [9.17, 15) is 9.59 Å². The zero-order valence-electron chi connectivity index (χ0n) is 26.5. The number of carbonyl (C=O) groups is 2. The van der Waals surface area contributed by atoms with Crippen molar-refractivity contribution in [3.05, 3.63) is 162 Å². The van der Waals surface area contributed by atoms with Crippen molar-refractivity contribution in [1.82, 2.24) is 5.32 Å². The summed E-state index contributed by atoms with van der Waals surface area (Å²) in [7, 11) is 0. The highest BCUT2D eigenvalue weighted by atomic mass is 16.5. The summed E-state index contributed by atoms with van der Waals surface area (Å²) < 4.78 is 12.3. The summed E-state index contributed by atoms with van der Waals surface area (Å²) in [6.07, 6.45) is 0.0685. The highest BCUT2D eigenvalue weighted by Gasteiger charge is 2.21. The average molecular weight is 636 g/mol.